The van der Waals surface area contributed by atoms with E-state index >= 15 is 0 Å². The number of nitrogens with zero attached hydrogens (tertiary/aromatic N) is 4. The second-order valence-corrected chi connectivity index (χ2v) is 6.38. The topological polar surface area (TPSA) is 84.2 Å². The van der Waals surface area contributed by atoms with E-state index in [4.69, 9.17) is 4.52 Å². The molecule has 0 aromatic carbocycles. The Morgan fingerprint density at radius 2 is 2.17 bits per heavy atom. The Labute approximate surface area is 143 Å². The van der Waals surface area contributed by atoms with Crippen LogP contribution in [0.1, 0.15) is 21.9 Å². The van der Waals surface area contributed by atoms with E-state index in [-0.39, 0.29) is 11.6 Å². The molecule has 0 atom stereocenters. The first kappa shape index (κ1) is 16.1. The van der Waals surface area contributed by atoms with E-state index < -0.39 is 0 Å². The van der Waals surface area contributed by atoms with Gasteiger partial charge in [-0.2, -0.15) is 0 Å². The van der Waals surface area contributed by atoms with Gasteiger partial charge in [-0.25, -0.2) is 9.97 Å². The van der Waals surface area contributed by atoms with Crippen LogP contribution in [0.4, 0.5) is 5.95 Å². The fourth-order valence-corrected chi connectivity index (χ4v) is 2.76. The zero-order valence-electron chi connectivity index (χ0n) is 13.6. The summed E-state index contributed by atoms with van der Waals surface area (Å²) in [5, 5.41) is 8.57. The zero-order valence-corrected chi connectivity index (χ0v) is 14.4. The van der Waals surface area contributed by atoms with Gasteiger partial charge in [0.25, 0.3) is 5.91 Å². The highest BCUT2D eigenvalue weighted by Gasteiger charge is 2.14. The van der Waals surface area contributed by atoms with Gasteiger partial charge in [-0.15, -0.1) is 11.3 Å². The summed E-state index contributed by atoms with van der Waals surface area (Å²) < 4.78 is 5.22. The molecule has 0 saturated heterocycles. The highest BCUT2D eigenvalue weighted by molar-refractivity contribution is 7.13. The highest BCUT2D eigenvalue weighted by Crippen LogP contribution is 2.25. The maximum Gasteiger partial charge on any atom is 0.273 e. The summed E-state index contributed by atoms with van der Waals surface area (Å²) in [6.07, 6.45) is 0. The van der Waals surface area contributed by atoms with Crippen molar-refractivity contribution >= 4 is 23.2 Å². The van der Waals surface area contributed by atoms with E-state index in [9.17, 15) is 4.79 Å². The number of carbonyl (C=O) groups excluding carboxylic acids is 1. The van der Waals surface area contributed by atoms with E-state index in [1.807, 2.05) is 49.5 Å². The second-order valence-electron chi connectivity index (χ2n) is 5.43. The minimum Gasteiger partial charge on any atom is -0.355 e. The first-order valence-corrected chi connectivity index (χ1v) is 8.21. The quantitative estimate of drug-likeness (QED) is 0.766. The van der Waals surface area contributed by atoms with Gasteiger partial charge in [0.05, 0.1) is 17.1 Å². The molecule has 3 aromatic heterocycles. The first-order valence-electron chi connectivity index (χ1n) is 7.33. The van der Waals surface area contributed by atoms with Gasteiger partial charge in [0.2, 0.25) is 5.95 Å². The van der Waals surface area contributed by atoms with Crippen molar-refractivity contribution < 1.29 is 9.32 Å². The standard InChI is InChI=1S/C16H17N5O2S/c1-10-7-11(19-16(18-10)21(2)3)9-17-15(22)12-8-13(23-20-12)14-5-4-6-24-14/h4-8H,9H2,1-3H3,(H,17,22). The van der Waals surface area contributed by atoms with Crippen LogP contribution >= 0.6 is 11.3 Å². The lowest BCUT2D eigenvalue weighted by molar-refractivity contribution is 0.0941. The Hall–Kier alpha value is -2.74. The van der Waals surface area contributed by atoms with Crippen LogP contribution in [0.2, 0.25) is 0 Å². The molecular weight excluding hydrogens is 326 g/mol. The van der Waals surface area contributed by atoms with Crippen LogP contribution in [0, 0.1) is 6.92 Å². The van der Waals surface area contributed by atoms with Gasteiger partial charge in [-0.05, 0) is 24.4 Å². The molecule has 8 heteroatoms. The van der Waals surface area contributed by atoms with E-state index in [0.717, 1.165) is 16.3 Å². The van der Waals surface area contributed by atoms with Crippen LogP contribution in [-0.4, -0.2) is 35.1 Å². The van der Waals surface area contributed by atoms with Crippen LogP contribution < -0.4 is 10.2 Å². The monoisotopic (exact) mass is 343 g/mol. The third-order valence-corrected chi connectivity index (χ3v) is 4.12. The summed E-state index contributed by atoms with van der Waals surface area (Å²) in [5.74, 6) is 0.896. The number of thiophene rings is 1. The van der Waals surface area contributed by atoms with Gasteiger partial charge in [-0.1, -0.05) is 11.2 Å². The van der Waals surface area contributed by atoms with E-state index in [1.54, 1.807) is 6.07 Å². The van der Waals surface area contributed by atoms with Crippen molar-refractivity contribution in [1.82, 2.24) is 20.4 Å². The van der Waals surface area contributed by atoms with Gasteiger partial charge < -0.3 is 14.7 Å². The number of rotatable bonds is 5. The average molecular weight is 343 g/mol. The number of hydrogen-bond donors (Lipinski definition) is 1. The molecule has 124 valence electrons. The van der Waals surface area contributed by atoms with Gasteiger partial charge in [0.1, 0.15) is 0 Å². The molecule has 0 spiro atoms. The molecule has 0 aliphatic heterocycles. The summed E-state index contributed by atoms with van der Waals surface area (Å²) in [7, 11) is 3.75. The Bertz CT molecular complexity index is 842. The zero-order chi connectivity index (χ0) is 17.1. The average Bonchev–Trinajstić information content (AvgIpc) is 3.22. The molecule has 0 saturated carbocycles. The third-order valence-electron chi connectivity index (χ3n) is 3.23. The molecule has 0 radical (unpaired) electrons. The molecule has 0 bridgehead atoms. The normalized spacial score (nSPS) is 10.6. The van der Waals surface area contributed by atoms with Crippen molar-refractivity contribution in [3.8, 4) is 10.6 Å². The lowest BCUT2D eigenvalue weighted by Crippen LogP contribution is -2.24. The lowest BCUT2D eigenvalue weighted by Gasteiger charge is -2.12. The van der Waals surface area contributed by atoms with Crippen LogP contribution in [0.25, 0.3) is 10.6 Å². The highest BCUT2D eigenvalue weighted by atomic mass is 32.1. The number of carbonyl (C=O) groups is 1. The van der Waals surface area contributed by atoms with Gasteiger partial charge in [-0.3, -0.25) is 4.79 Å². The van der Waals surface area contributed by atoms with Crippen LogP contribution in [0.5, 0.6) is 0 Å². The SMILES string of the molecule is Cc1cc(CNC(=O)c2cc(-c3cccs3)on2)nc(N(C)C)n1. The Balaban J connectivity index is 1.68. The molecule has 1 N–H and O–H groups in total. The summed E-state index contributed by atoms with van der Waals surface area (Å²) in [6.45, 7) is 2.19. The molecule has 7 nitrogen and oxygen atoms in total. The molecule has 0 aliphatic rings. The molecular formula is C16H17N5O2S. The van der Waals surface area contributed by atoms with Crippen molar-refractivity contribution in [2.75, 3.05) is 19.0 Å². The molecule has 3 heterocycles. The number of hydrogen-bond acceptors (Lipinski definition) is 7. The summed E-state index contributed by atoms with van der Waals surface area (Å²) in [6, 6.07) is 7.31. The number of aryl methyl sites for hydroxylation is 1. The van der Waals surface area contributed by atoms with Crippen molar-refractivity contribution in [1.29, 1.82) is 0 Å². The van der Waals surface area contributed by atoms with Crippen molar-refractivity contribution in [2.45, 2.75) is 13.5 Å². The van der Waals surface area contributed by atoms with E-state index in [2.05, 4.69) is 20.4 Å². The maximum absolute atomic E-state index is 12.2. The molecule has 3 rings (SSSR count). The minimum atomic E-state index is -0.302. The number of anilines is 1. The second kappa shape index (κ2) is 6.79. The predicted octanol–water partition coefficient (Wildman–Crippen LogP) is 2.50. The molecule has 0 aliphatic carbocycles. The summed E-state index contributed by atoms with van der Waals surface area (Å²) in [5.41, 5.74) is 1.83. The van der Waals surface area contributed by atoms with Crippen LogP contribution in [-0.2, 0) is 6.54 Å². The van der Waals surface area contributed by atoms with E-state index in [0.29, 0.717) is 18.3 Å². The van der Waals surface area contributed by atoms with E-state index in [1.165, 1.54) is 11.3 Å². The number of aromatic nitrogens is 3. The molecule has 3 aromatic rings. The first-order chi connectivity index (χ1) is 11.5. The van der Waals surface area contributed by atoms with Crippen molar-refractivity contribution in [3.05, 3.63) is 46.7 Å². The Morgan fingerprint density at radius 3 is 2.88 bits per heavy atom. The lowest BCUT2D eigenvalue weighted by atomic mass is 10.3. The fraction of sp³-hybridized carbons (Fsp3) is 0.250. The van der Waals surface area contributed by atoms with Gasteiger partial charge in [0, 0.05) is 25.9 Å². The van der Waals surface area contributed by atoms with Crippen LogP contribution in [0.3, 0.4) is 0 Å². The van der Waals surface area contributed by atoms with Crippen LogP contribution in [0.15, 0.2) is 34.2 Å². The molecule has 0 unspecified atom stereocenters. The molecule has 1 amide bonds. The molecule has 0 fully saturated rings. The fourth-order valence-electron chi connectivity index (χ4n) is 2.09. The van der Waals surface area contributed by atoms with Gasteiger partial charge >= 0.3 is 0 Å². The Kier molecular flexibility index (Phi) is 4.57. The minimum absolute atomic E-state index is 0.247. The largest absolute Gasteiger partial charge is 0.355 e. The van der Waals surface area contributed by atoms with Crippen molar-refractivity contribution in [2.24, 2.45) is 0 Å². The molecule has 24 heavy (non-hydrogen) atoms. The Morgan fingerprint density at radius 1 is 1.33 bits per heavy atom. The smallest absolute Gasteiger partial charge is 0.273 e. The maximum atomic E-state index is 12.2. The summed E-state index contributed by atoms with van der Waals surface area (Å²) in [4.78, 5) is 23.7. The van der Waals surface area contributed by atoms with Gasteiger partial charge in [0.15, 0.2) is 11.5 Å². The van der Waals surface area contributed by atoms with Crippen molar-refractivity contribution in [3.63, 3.8) is 0 Å². The number of amides is 1. The third kappa shape index (κ3) is 3.60. The number of nitrogens with one attached hydrogen (secondary N) is 1. The summed E-state index contributed by atoms with van der Waals surface area (Å²) >= 11 is 1.53. The predicted molar refractivity (Wildman–Crippen MR) is 92.1 cm³/mol.